The third-order valence-electron chi connectivity index (χ3n) is 3.65. The maximum atomic E-state index is 3.68. The van der Waals surface area contributed by atoms with Crippen LogP contribution in [0.3, 0.4) is 0 Å². The van der Waals surface area contributed by atoms with Crippen molar-refractivity contribution in [2.24, 2.45) is 0 Å². The summed E-state index contributed by atoms with van der Waals surface area (Å²) >= 11 is 0. The molecule has 1 aliphatic rings. The van der Waals surface area contributed by atoms with Crippen molar-refractivity contribution in [3.63, 3.8) is 0 Å². The molecule has 0 aliphatic heterocycles. The van der Waals surface area contributed by atoms with E-state index in [0.717, 1.165) is 6.04 Å². The van der Waals surface area contributed by atoms with Gasteiger partial charge in [0.2, 0.25) is 0 Å². The Balaban J connectivity index is 1.87. The second-order valence-electron chi connectivity index (χ2n) is 5.75. The maximum absolute atomic E-state index is 3.68. The number of hydrogen-bond acceptors (Lipinski definition) is 3. The van der Waals surface area contributed by atoms with Gasteiger partial charge in [-0.05, 0) is 73.0 Å². The average Bonchev–Trinajstić information content (AvgIpc) is 2.76. The highest BCUT2D eigenvalue weighted by atomic mass is 15.1. The van der Waals surface area contributed by atoms with Crippen molar-refractivity contribution in [1.29, 1.82) is 0 Å². The predicted octanol–water partition coefficient (Wildman–Crippen LogP) is 1.79. The summed E-state index contributed by atoms with van der Waals surface area (Å²) in [7, 11) is 6.53. The van der Waals surface area contributed by atoms with E-state index < -0.39 is 0 Å². The zero-order valence-corrected chi connectivity index (χ0v) is 12.0. The molecule has 0 amide bonds. The van der Waals surface area contributed by atoms with E-state index in [9.17, 15) is 0 Å². The minimum atomic E-state index is 0.828. The lowest BCUT2D eigenvalue weighted by atomic mass is 10.2. The standard InChI is InChI=1S/C14H31N3/c1-16(2)11-7-13-17(3)12-6-10-15-14-8-4-5-9-14/h14-15H,4-13H2,1-3H3. The van der Waals surface area contributed by atoms with Gasteiger partial charge in [0.1, 0.15) is 0 Å². The van der Waals surface area contributed by atoms with E-state index in [2.05, 4.69) is 36.3 Å². The van der Waals surface area contributed by atoms with Crippen LogP contribution in [0.4, 0.5) is 0 Å². The van der Waals surface area contributed by atoms with Crippen LogP contribution in [0, 0.1) is 0 Å². The first-order valence-corrected chi connectivity index (χ1v) is 7.25. The molecule has 0 atom stereocenters. The van der Waals surface area contributed by atoms with Crippen molar-refractivity contribution >= 4 is 0 Å². The van der Waals surface area contributed by atoms with E-state index in [1.807, 2.05) is 0 Å². The lowest BCUT2D eigenvalue weighted by Gasteiger charge is -2.19. The second kappa shape index (κ2) is 8.90. The topological polar surface area (TPSA) is 18.5 Å². The Morgan fingerprint density at radius 2 is 1.59 bits per heavy atom. The van der Waals surface area contributed by atoms with Crippen LogP contribution in [0.15, 0.2) is 0 Å². The molecule has 0 bridgehead atoms. The van der Waals surface area contributed by atoms with Crippen LogP contribution in [-0.2, 0) is 0 Å². The molecule has 17 heavy (non-hydrogen) atoms. The fraction of sp³-hybridized carbons (Fsp3) is 1.00. The molecule has 3 nitrogen and oxygen atoms in total. The highest BCUT2D eigenvalue weighted by Crippen LogP contribution is 2.17. The van der Waals surface area contributed by atoms with Crippen LogP contribution in [-0.4, -0.2) is 63.2 Å². The Morgan fingerprint density at radius 1 is 0.941 bits per heavy atom. The molecule has 1 N–H and O–H groups in total. The molecule has 0 unspecified atom stereocenters. The summed E-state index contributed by atoms with van der Waals surface area (Å²) in [6.45, 7) is 4.85. The largest absolute Gasteiger partial charge is 0.314 e. The van der Waals surface area contributed by atoms with Gasteiger partial charge in [0.25, 0.3) is 0 Å². The fourth-order valence-corrected chi connectivity index (χ4v) is 2.55. The van der Waals surface area contributed by atoms with Crippen LogP contribution in [0.5, 0.6) is 0 Å². The molecule has 0 heterocycles. The minimum Gasteiger partial charge on any atom is -0.314 e. The molecule has 0 aromatic heterocycles. The fourth-order valence-electron chi connectivity index (χ4n) is 2.55. The summed E-state index contributed by atoms with van der Waals surface area (Å²) in [5.74, 6) is 0. The molecule has 0 saturated heterocycles. The van der Waals surface area contributed by atoms with Crippen molar-refractivity contribution in [3.8, 4) is 0 Å². The van der Waals surface area contributed by atoms with E-state index in [-0.39, 0.29) is 0 Å². The Bertz CT molecular complexity index is 176. The molecule has 0 spiro atoms. The molecular weight excluding hydrogens is 210 g/mol. The molecule has 0 aromatic rings. The van der Waals surface area contributed by atoms with Crippen molar-refractivity contribution in [2.75, 3.05) is 47.3 Å². The van der Waals surface area contributed by atoms with Gasteiger partial charge in [-0.15, -0.1) is 0 Å². The monoisotopic (exact) mass is 241 g/mol. The smallest absolute Gasteiger partial charge is 0.00670 e. The van der Waals surface area contributed by atoms with Crippen molar-refractivity contribution in [3.05, 3.63) is 0 Å². The molecule has 1 rings (SSSR count). The first kappa shape index (κ1) is 14.9. The van der Waals surface area contributed by atoms with Crippen LogP contribution >= 0.6 is 0 Å². The summed E-state index contributed by atoms with van der Waals surface area (Å²) < 4.78 is 0. The SMILES string of the molecule is CN(C)CCCN(C)CCCNC1CCCC1. The Kier molecular flexibility index (Phi) is 7.82. The Hall–Kier alpha value is -0.120. The van der Waals surface area contributed by atoms with Gasteiger partial charge in [0, 0.05) is 6.04 Å². The summed E-state index contributed by atoms with van der Waals surface area (Å²) in [5, 5.41) is 3.68. The van der Waals surface area contributed by atoms with Gasteiger partial charge in [-0.2, -0.15) is 0 Å². The molecule has 1 aliphatic carbocycles. The maximum Gasteiger partial charge on any atom is 0.00670 e. The van der Waals surface area contributed by atoms with Gasteiger partial charge in [-0.1, -0.05) is 12.8 Å². The Morgan fingerprint density at radius 3 is 2.24 bits per heavy atom. The van der Waals surface area contributed by atoms with Crippen LogP contribution in [0.2, 0.25) is 0 Å². The summed E-state index contributed by atoms with van der Waals surface area (Å²) in [5.41, 5.74) is 0. The molecule has 1 saturated carbocycles. The first-order valence-electron chi connectivity index (χ1n) is 7.25. The summed E-state index contributed by atoms with van der Waals surface area (Å²) in [6.07, 6.45) is 8.23. The molecular formula is C14H31N3. The van der Waals surface area contributed by atoms with Gasteiger partial charge >= 0.3 is 0 Å². The number of nitrogens with one attached hydrogen (secondary N) is 1. The van der Waals surface area contributed by atoms with Gasteiger partial charge in [0.05, 0.1) is 0 Å². The molecule has 102 valence electrons. The molecule has 1 fully saturated rings. The van der Waals surface area contributed by atoms with Crippen LogP contribution < -0.4 is 5.32 Å². The van der Waals surface area contributed by atoms with Crippen LogP contribution in [0.25, 0.3) is 0 Å². The van der Waals surface area contributed by atoms with Crippen molar-refractivity contribution in [2.45, 2.75) is 44.6 Å². The van der Waals surface area contributed by atoms with Gasteiger partial charge in [0.15, 0.2) is 0 Å². The third-order valence-corrected chi connectivity index (χ3v) is 3.65. The lowest BCUT2D eigenvalue weighted by molar-refractivity contribution is 0.294. The highest BCUT2D eigenvalue weighted by molar-refractivity contribution is 4.73. The van der Waals surface area contributed by atoms with E-state index >= 15 is 0 Å². The minimum absolute atomic E-state index is 0.828. The van der Waals surface area contributed by atoms with Gasteiger partial charge in [-0.25, -0.2) is 0 Å². The average molecular weight is 241 g/mol. The van der Waals surface area contributed by atoms with E-state index in [0.29, 0.717) is 0 Å². The zero-order valence-electron chi connectivity index (χ0n) is 12.0. The lowest BCUT2D eigenvalue weighted by Crippen LogP contribution is -2.30. The van der Waals surface area contributed by atoms with Gasteiger partial charge in [-0.3, -0.25) is 0 Å². The molecule has 0 radical (unpaired) electrons. The first-order chi connectivity index (χ1) is 8.18. The van der Waals surface area contributed by atoms with E-state index in [1.54, 1.807) is 0 Å². The van der Waals surface area contributed by atoms with E-state index in [1.165, 1.54) is 64.7 Å². The van der Waals surface area contributed by atoms with Crippen molar-refractivity contribution in [1.82, 2.24) is 15.1 Å². The molecule has 0 aromatic carbocycles. The number of hydrogen-bond donors (Lipinski definition) is 1. The summed E-state index contributed by atoms with van der Waals surface area (Å²) in [4.78, 5) is 4.72. The van der Waals surface area contributed by atoms with Crippen LogP contribution in [0.1, 0.15) is 38.5 Å². The van der Waals surface area contributed by atoms with Crippen molar-refractivity contribution < 1.29 is 0 Å². The predicted molar refractivity (Wildman–Crippen MR) is 75.5 cm³/mol. The summed E-state index contributed by atoms with van der Waals surface area (Å²) in [6, 6.07) is 0.828. The second-order valence-corrected chi connectivity index (χ2v) is 5.75. The van der Waals surface area contributed by atoms with Gasteiger partial charge < -0.3 is 15.1 Å². The zero-order chi connectivity index (χ0) is 12.5. The highest BCUT2D eigenvalue weighted by Gasteiger charge is 2.13. The normalized spacial score (nSPS) is 17.5. The number of rotatable bonds is 9. The third kappa shape index (κ3) is 7.74. The quantitative estimate of drug-likeness (QED) is 0.621. The number of nitrogens with zero attached hydrogens (tertiary/aromatic N) is 2. The molecule has 3 heteroatoms. The Labute approximate surface area is 108 Å². The van der Waals surface area contributed by atoms with E-state index in [4.69, 9.17) is 0 Å².